The van der Waals surface area contributed by atoms with Crippen LogP contribution in [0.5, 0.6) is 0 Å². The Morgan fingerprint density at radius 3 is 2.62 bits per heavy atom. The quantitative estimate of drug-likeness (QED) is 0.687. The van der Waals surface area contributed by atoms with Gasteiger partial charge in [0, 0.05) is 5.69 Å². The molecule has 2 aromatic rings. The number of hydrogen-bond acceptors (Lipinski definition) is 1. The van der Waals surface area contributed by atoms with Gasteiger partial charge in [-0.1, -0.05) is 56.2 Å². The Morgan fingerprint density at radius 2 is 1.81 bits per heavy atom. The molecule has 0 spiro atoms. The maximum atomic E-state index is 3.69. The van der Waals surface area contributed by atoms with Crippen molar-refractivity contribution in [2.24, 2.45) is 0 Å². The van der Waals surface area contributed by atoms with Gasteiger partial charge in [0.2, 0.25) is 0 Å². The Morgan fingerprint density at radius 1 is 1.00 bits per heavy atom. The fraction of sp³-hybridized carbons (Fsp3) is 0.400. The Balaban J connectivity index is 1.61. The minimum atomic E-state index is 0.479. The lowest BCUT2D eigenvalue weighted by atomic mass is 10.1. The smallest absolute Gasteiger partial charge is 0.0519 e. The molecule has 1 nitrogen and oxygen atoms in total. The lowest BCUT2D eigenvalue weighted by Gasteiger charge is -2.16. The second kappa shape index (κ2) is 6.80. The van der Waals surface area contributed by atoms with E-state index >= 15 is 0 Å². The maximum Gasteiger partial charge on any atom is 0.0519 e. The number of anilines is 1. The van der Waals surface area contributed by atoms with E-state index in [1.807, 2.05) is 0 Å². The standard InChI is InChI=1S/C20H25N/c1-2-3-4-7-16-10-13-18(14-11-16)21-20-15-12-17-8-5-6-9-19(17)20/h5-6,8-11,13-14,20-21H,2-4,7,12,15H2,1H3. The van der Waals surface area contributed by atoms with Gasteiger partial charge >= 0.3 is 0 Å². The van der Waals surface area contributed by atoms with Crippen LogP contribution in [-0.4, -0.2) is 0 Å². The van der Waals surface area contributed by atoms with Crippen molar-refractivity contribution in [2.75, 3.05) is 5.32 Å². The second-order valence-electron chi connectivity index (χ2n) is 6.09. The molecule has 0 radical (unpaired) electrons. The summed E-state index contributed by atoms with van der Waals surface area (Å²) in [6.07, 6.45) is 7.54. The Bertz CT molecular complexity index is 571. The average Bonchev–Trinajstić information content (AvgIpc) is 2.93. The summed E-state index contributed by atoms with van der Waals surface area (Å²) in [7, 11) is 0. The number of aryl methyl sites for hydroxylation is 2. The van der Waals surface area contributed by atoms with Crippen molar-refractivity contribution in [1.82, 2.24) is 0 Å². The van der Waals surface area contributed by atoms with Gasteiger partial charge in [0.05, 0.1) is 6.04 Å². The van der Waals surface area contributed by atoms with Crippen molar-refractivity contribution in [3.05, 3.63) is 65.2 Å². The summed E-state index contributed by atoms with van der Waals surface area (Å²) < 4.78 is 0. The summed E-state index contributed by atoms with van der Waals surface area (Å²) in [4.78, 5) is 0. The number of rotatable bonds is 6. The molecule has 110 valence electrons. The highest BCUT2D eigenvalue weighted by molar-refractivity contribution is 5.49. The van der Waals surface area contributed by atoms with Gasteiger partial charge in [-0.15, -0.1) is 0 Å². The van der Waals surface area contributed by atoms with Crippen molar-refractivity contribution in [2.45, 2.75) is 51.5 Å². The van der Waals surface area contributed by atoms with E-state index in [4.69, 9.17) is 0 Å². The first-order valence-corrected chi connectivity index (χ1v) is 8.30. The summed E-state index contributed by atoms with van der Waals surface area (Å²) in [5.41, 5.74) is 5.69. The topological polar surface area (TPSA) is 12.0 Å². The predicted octanol–water partition coefficient (Wildman–Crippen LogP) is 5.52. The van der Waals surface area contributed by atoms with Gasteiger partial charge in [-0.25, -0.2) is 0 Å². The van der Waals surface area contributed by atoms with Crippen molar-refractivity contribution >= 4 is 5.69 Å². The minimum absolute atomic E-state index is 0.479. The molecule has 0 saturated carbocycles. The van der Waals surface area contributed by atoms with Crippen LogP contribution in [0.1, 0.15) is 55.3 Å². The average molecular weight is 279 g/mol. The third-order valence-corrected chi connectivity index (χ3v) is 4.50. The summed E-state index contributed by atoms with van der Waals surface area (Å²) in [5.74, 6) is 0. The molecule has 0 amide bonds. The minimum Gasteiger partial charge on any atom is -0.378 e. The van der Waals surface area contributed by atoms with Gasteiger partial charge in [-0.2, -0.15) is 0 Å². The lowest BCUT2D eigenvalue weighted by Crippen LogP contribution is -2.06. The molecule has 21 heavy (non-hydrogen) atoms. The first kappa shape index (κ1) is 14.2. The van der Waals surface area contributed by atoms with E-state index in [1.165, 1.54) is 60.9 Å². The third kappa shape index (κ3) is 3.47. The molecular weight excluding hydrogens is 254 g/mol. The Hall–Kier alpha value is -1.76. The molecule has 2 aromatic carbocycles. The van der Waals surface area contributed by atoms with E-state index in [1.54, 1.807) is 0 Å². The summed E-state index contributed by atoms with van der Waals surface area (Å²) >= 11 is 0. The second-order valence-corrected chi connectivity index (χ2v) is 6.09. The first-order valence-electron chi connectivity index (χ1n) is 8.30. The van der Waals surface area contributed by atoms with Crippen LogP contribution in [-0.2, 0) is 12.8 Å². The van der Waals surface area contributed by atoms with E-state index in [9.17, 15) is 0 Å². The molecule has 1 aliphatic carbocycles. The SMILES string of the molecule is CCCCCc1ccc(NC2CCc3ccccc32)cc1. The van der Waals surface area contributed by atoms with E-state index in [0.29, 0.717) is 6.04 Å². The third-order valence-electron chi connectivity index (χ3n) is 4.50. The van der Waals surface area contributed by atoms with E-state index in [0.717, 1.165) is 0 Å². The van der Waals surface area contributed by atoms with Crippen LogP contribution in [0.25, 0.3) is 0 Å². The highest BCUT2D eigenvalue weighted by Gasteiger charge is 2.21. The van der Waals surface area contributed by atoms with Gasteiger partial charge in [0.25, 0.3) is 0 Å². The van der Waals surface area contributed by atoms with Gasteiger partial charge < -0.3 is 5.32 Å². The van der Waals surface area contributed by atoms with Crippen LogP contribution in [0.3, 0.4) is 0 Å². The summed E-state index contributed by atoms with van der Waals surface area (Å²) in [6, 6.07) is 18.3. The van der Waals surface area contributed by atoms with E-state index < -0.39 is 0 Å². The molecule has 0 fully saturated rings. The summed E-state index contributed by atoms with van der Waals surface area (Å²) in [6.45, 7) is 2.26. The van der Waals surface area contributed by atoms with Gasteiger partial charge in [-0.05, 0) is 54.5 Å². The molecule has 1 N–H and O–H groups in total. The Kier molecular flexibility index (Phi) is 4.59. The Labute approximate surface area is 128 Å². The normalized spacial score (nSPS) is 16.7. The predicted molar refractivity (Wildman–Crippen MR) is 90.8 cm³/mol. The van der Waals surface area contributed by atoms with Crippen LogP contribution < -0.4 is 5.32 Å². The molecule has 1 heteroatoms. The molecule has 0 saturated heterocycles. The fourth-order valence-corrected chi connectivity index (χ4v) is 3.26. The van der Waals surface area contributed by atoms with Crippen molar-refractivity contribution in [1.29, 1.82) is 0 Å². The molecular formula is C20H25N. The molecule has 0 heterocycles. The van der Waals surface area contributed by atoms with Crippen LogP contribution in [0.4, 0.5) is 5.69 Å². The highest BCUT2D eigenvalue weighted by Crippen LogP contribution is 2.33. The van der Waals surface area contributed by atoms with E-state index in [2.05, 4.69) is 60.8 Å². The monoisotopic (exact) mass is 279 g/mol. The van der Waals surface area contributed by atoms with Crippen molar-refractivity contribution in [3.8, 4) is 0 Å². The zero-order valence-electron chi connectivity index (χ0n) is 12.9. The van der Waals surface area contributed by atoms with Crippen molar-refractivity contribution in [3.63, 3.8) is 0 Å². The van der Waals surface area contributed by atoms with Gasteiger partial charge in [0.15, 0.2) is 0 Å². The lowest BCUT2D eigenvalue weighted by molar-refractivity contribution is 0.717. The first-order chi connectivity index (χ1) is 10.4. The van der Waals surface area contributed by atoms with Crippen LogP contribution in [0.15, 0.2) is 48.5 Å². The van der Waals surface area contributed by atoms with Crippen LogP contribution >= 0.6 is 0 Å². The molecule has 0 aromatic heterocycles. The molecule has 1 atom stereocenters. The van der Waals surface area contributed by atoms with Gasteiger partial charge in [0.1, 0.15) is 0 Å². The maximum absolute atomic E-state index is 3.69. The molecule has 0 aliphatic heterocycles. The zero-order valence-corrected chi connectivity index (χ0v) is 12.9. The highest BCUT2D eigenvalue weighted by atomic mass is 14.9. The van der Waals surface area contributed by atoms with Crippen LogP contribution in [0, 0.1) is 0 Å². The number of nitrogens with one attached hydrogen (secondary N) is 1. The fourth-order valence-electron chi connectivity index (χ4n) is 3.26. The molecule has 3 rings (SSSR count). The molecule has 0 bridgehead atoms. The van der Waals surface area contributed by atoms with Gasteiger partial charge in [-0.3, -0.25) is 0 Å². The summed E-state index contributed by atoms with van der Waals surface area (Å²) in [5, 5.41) is 3.69. The number of benzene rings is 2. The largest absolute Gasteiger partial charge is 0.378 e. The van der Waals surface area contributed by atoms with Crippen molar-refractivity contribution < 1.29 is 0 Å². The number of hydrogen-bond donors (Lipinski definition) is 1. The van der Waals surface area contributed by atoms with E-state index in [-0.39, 0.29) is 0 Å². The van der Waals surface area contributed by atoms with Crippen LogP contribution in [0.2, 0.25) is 0 Å². The number of unbranched alkanes of at least 4 members (excludes halogenated alkanes) is 2. The number of fused-ring (bicyclic) bond motifs is 1. The zero-order chi connectivity index (χ0) is 14.5. The molecule has 1 aliphatic rings. The molecule has 1 unspecified atom stereocenters.